The van der Waals surface area contributed by atoms with Crippen molar-refractivity contribution < 1.29 is 13.9 Å². The lowest BCUT2D eigenvalue weighted by Gasteiger charge is -1.97. The molecule has 0 amide bonds. The Balaban J connectivity index is 2.33. The van der Waals surface area contributed by atoms with Gasteiger partial charge in [0.25, 0.3) is 0 Å². The predicted octanol–water partition coefficient (Wildman–Crippen LogP) is 2.16. The Hall–Kier alpha value is -2.43. The largest absolute Gasteiger partial charge is 0.465 e. The predicted molar refractivity (Wildman–Crippen MR) is 60.6 cm³/mol. The zero-order valence-electron chi connectivity index (χ0n) is 9.01. The molecule has 0 atom stereocenters. The second-order valence-corrected chi connectivity index (χ2v) is 3.55. The summed E-state index contributed by atoms with van der Waals surface area (Å²) in [6.45, 7) is 0. The second kappa shape index (κ2) is 3.55. The SMILES string of the molecule is COC(=O)c1ccc2oc3ncncc3c2c1. The monoisotopic (exact) mass is 228 g/mol. The normalized spacial score (nSPS) is 10.9. The molecule has 0 radical (unpaired) electrons. The first-order valence-electron chi connectivity index (χ1n) is 5.00. The Labute approximate surface area is 96.0 Å². The molecular weight excluding hydrogens is 220 g/mol. The summed E-state index contributed by atoms with van der Waals surface area (Å²) >= 11 is 0. The summed E-state index contributed by atoms with van der Waals surface area (Å²) in [7, 11) is 1.35. The Bertz CT molecular complexity index is 718. The number of aromatic nitrogens is 2. The molecule has 0 saturated heterocycles. The maximum atomic E-state index is 11.4. The first-order valence-corrected chi connectivity index (χ1v) is 5.00. The van der Waals surface area contributed by atoms with Crippen LogP contribution in [0.3, 0.4) is 0 Å². The van der Waals surface area contributed by atoms with Gasteiger partial charge < -0.3 is 9.15 Å². The number of furan rings is 1. The van der Waals surface area contributed by atoms with Crippen LogP contribution >= 0.6 is 0 Å². The highest BCUT2D eigenvalue weighted by Gasteiger charge is 2.11. The number of benzene rings is 1. The number of nitrogens with zero attached hydrogens (tertiary/aromatic N) is 2. The van der Waals surface area contributed by atoms with Gasteiger partial charge in [0.05, 0.1) is 18.1 Å². The van der Waals surface area contributed by atoms with Crippen LogP contribution in [0.2, 0.25) is 0 Å². The van der Waals surface area contributed by atoms with Gasteiger partial charge in [-0.1, -0.05) is 0 Å². The van der Waals surface area contributed by atoms with Gasteiger partial charge in [0.2, 0.25) is 5.71 Å². The fourth-order valence-corrected chi connectivity index (χ4v) is 1.76. The number of carbonyl (C=O) groups is 1. The molecule has 84 valence electrons. The van der Waals surface area contributed by atoms with Crippen LogP contribution in [-0.4, -0.2) is 23.0 Å². The first kappa shape index (κ1) is 9.77. The van der Waals surface area contributed by atoms with E-state index in [1.165, 1.54) is 13.4 Å². The van der Waals surface area contributed by atoms with E-state index in [9.17, 15) is 4.79 Å². The zero-order chi connectivity index (χ0) is 11.8. The fraction of sp³-hybridized carbons (Fsp3) is 0.0833. The molecule has 0 unspecified atom stereocenters. The minimum absolute atomic E-state index is 0.377. The van der Waals surface area contributed by atoms with Gasteiger partial charge in [-0.2, -0.15) is 0 Å². The second-order valence-electron chi connectivity index (χ2n) is 3.55. The standard InChI is InChI=1S/C12H8N2O3/c1-16-12(15)7-2-3-10-8(4-7)9-5-13-6-14-11(9)17-10/h2-6H,1H3. The highest BCUT2D eigenvalue weighted by atomic mass is 16.5. The van der Waals surface area contributed by atoms with Crippen LogP contribution in [0.25, 0.3) is 22.1 Å². The van der Waals surface area contributed by atoms with E-state index in [0.29, 0.717) is 16.9 Å². The molecule has 0 aliphatic heterocycles. The molecule has 0 aliphatic rings. The number of hydrogen-bond donors (Lipinski definition) is 0. The third-order valence-corrected chi connectivity index (χ3v) is 2.57. The van der Waals surface area contributed by atoms with Gasteiger partial charge in [-0.15, -0.1) is 0 Å². The van der Waals surface area contributed by atoms with Gasteiger partial charge in [-0.05, 0) is 18.2 Å². The summed E-state index contributed by atoms with van der Waals surface area (Å²) < 4.78 is 10.2. The van der Waals surface area contributed by atoms with E-state index < -0.39 is 0 Å². The van der Waals surface area contributed by atoms with E-state index in [4.69, 9.17) is 4.42 Å². The van der Waals surface area contributed by atoms with Crippen LogP contribution in [0, 0.1) is 0 Å². The van der Waals surface area contributed by atoms with Crippen molar-refractivity contribution in [1.29, 1.82) is 0 Å². The molecule has 0 fully saturated rings. The van der Waals surface area contributed by atoms with Crippen molar-refractivity contribution in [3.05, 3.63) is 36.3 Å². The molecule has 2 heterocycles. The highest BCUT2D eigenvalue weighted by Crippen LogP contribution is 2.27. The summed E-state index contributed by atoms with van der Waals surface area (Å²) in [6.07, 6.45) is 3.08. The van der Waals surface area contributed by atoms with Gasteiger partial charge in [-0.25, -0.2) is 14.8 Å². The van der Waals surface area contributed by atoms with Crippen molar-refractivity contribution in [3.63, 3.8) is 0 Å². The molecular formula is C12H8N2O3. The summed E-state index contributed by atoms with van der Waals surface area (Å²) in [4.78, 5) is 19.4. The average molecular weight is 228 g/mol. The van der Waals surface area contributed by atoms with Crippen molar-refractivity contribution in [2.24, 2.45) is 0 Å². The molecule has 0 saturated carbocycles. The summed E-state index contributed by atoms with van der Waals surface area (Å²) in [5.41, 5.74) is 1.66. The van der Waals surface area contributed by atoms with Crippen molar-refractivity contribution >= 4 is 28.0 Å². The summed E-state index contributed by atoms with van der Waals surface area (Å²) in [5, 5.41) is 1.59. The molecule has 0 bridgehead atoms. The molecule has 17 heavy (non-hydrogen) atoms. The number of rotatable bonds is 1. The molecule has 2 aromatic heterocycles. The fourth-order valence-electron chi connectivity index (χ4n) is 1.76. The van der Waals surface area contributed by atoms with Gasteiger partial charge >= 0.3 is 5.97 Å². The van der Waals surface area contributed by atoms with Crippen LogP contribution < -0.4 is 0 Å². The van der Waals surface area contributed by atoms with Gasteiger partial charge in [0.1, 0.15) is 11.9 Å². The van der Waals surface area contributed by atoms with Crippen molar-refractivity contribution in [1.82, 2.24) is 9.97 Å². The van der Waals surface area contributed by atoms with E-state index in [1.807, 2.05) is 0 Å². The lowest BCUT2D eigenvalue weighted by atomic mass is 10.1. The molecule has 3 aromatic rings. The van der Waals surface area contributed by atoms with Gasteiger partial charge in [-0.3, -0.25) is 0 Å². The number of esters is 1. The van der Waals surface area contributed by atoms with Crippen molar-refractivity contribution in [2.45, 2.75) is 0 Å². The number of methoxy groups -OCH3 is 1. The molecule has 0 aliphatic carbocycles. The van der Waals surface area contributed by atoms with Crippen LogP contribution in [0.5, 0.6) is 0 Å². The smallest absolute Gasteiger partial charge is 0.337 e. The first-order chi connectivity index (χ1) is 8.29. The van der Waals surface area contributed by atoms with Crippen LogP contribution in [0.15, 0.2) is 35.1 Å². The van der Waals surface area contributed by atoms with E-state index in [0.717, 1.165) is 10.8 Å². The maximum Gasteiger partial charge on any atom is 0.337 e. The number of ether oxygens (including phenoxy) is 1. The van der Waals surface area contributed by atoms with E-state index >= 15 is 0 Å². The maximum absolute atomic E-state index is 11.4. The molecule has 5 nitrogen and oxygen atoms in total. The van der Waals surface area contributed by atoms with Crippen LogP contribution in [-0.2, 0) is 4.74 Å². The lowest BCUT2D eigenvalue weighted by Crippen LogP contribution is -2.00. The minimum Gasteiger partial charge on any atom is -0.465 e. The van der Waals surface area contributed by atoms with Gasteiger partial charge in [0, 0.05) is 11.6 Å². The lowest BCUT2D eigenvalue weighted by molar-refractivity contribution is 0.0601. The topological polar surface area (TPSA) is 65.2 Å². The Morgan fingerprint density at radius 2 is 2.24 bits per heavy atom. The number of hydrogen-bond acceptors (Lipinski definition) is 5. The summed E-state index contributed by atoms with van der Waals surface area (Å²) in [6, 6.07) is 5.10. The Morgan fingerprint density at radius 3 is 3.06 bits per heavy atom. The van der Waals surface area contributed by atoms with Crippen molar-refractivity contribution in [3.8, 4) is 0 Å². The van der Waals surface area contributed by atoms with E-state index in [-0.39, 0.29) is 5.97 Å². The molecule has 0 spiro atoms. The third kappa shape index (κ3) is 1.44. The van der Waals surface area contributed by atoms with Gasteiger partial charge in [0.15, 0.2) is 0 Å². The molecule has 0 N–H and O–H groups in total. The Morgan fingerprint density at radius 1 is 1.35 bits per heavy atom. The van der Waals surface area contributed by atoms with E-state index in [1.54, 1.807) is 24.4 Å². The molecule has 3 rings (SSSR count). The average Bonchev–Trinajstić information content (AvgIpc) is 2.75. The third-order valence-electron chi connectivity index (χ3n) is 2.57. The summed E-state index contributed by atoms with van der Waals surface area (Å²) in [5.74, 6) is -0.377. The zero-order valence-corrected chi connectivity index (χ0v) is 9.01. The van der Waals surface area contributed by atoms with Crippen molar-refractivity contribution in [2.75, 3.05) is 7.11 Å². The highest BCUT2D eigenvalue weighted by molar-refractivity contribution is 6.06. The quantitative estimate of drug-likeness (QED) is 0.597. The number of fused-ring (bicyclic) bond motifs is 3. The number of carbonyl (C=O) groups excluding carboxylic acids is 1. The minimum atomic E-state index is -0.377. The Kier molecular flexibility index (Phi) is 2.04. The van der Waals surface area contributed by atoms with Crippen LogP contribution in [0.1, 0.15) is 10.4 Å². The van der Waals surface area contributed by atoms with Crippen LogP contribution in [0.4, 0.5) is 0 Å². The van der Waals surface area contributed by atoms with E-state index in [2.05, 4.69) is 14.7 Å². The molecule has 5 heteroatoms. The molecule has 1 aromatic carbocycles.